The Morgan fingerprint density at radius 1 is 1.47 bits per heavy atom. The number of H-pyrrole nitrogens is 2. The summed E-state index contributed by atoms with van der Waals surface area (Å²) in [6.07, 6.45) is 3.26. The van der Waals surface area contributed by atoms with Gasteiger partial charge in [-0.05, 0) is 11.4 Å². The molecular weight excluding hydrogens is 238 g/mol. The van der Waals surface area contributed by atoms with Gasteiger partial charge in [-0.15, -0.1) is 11.3 Å². The lowest BCUT2D eigenvalue weighted by Gasteiger charge is -1.93. The fourth-order valence-corrected chi connectivity index (χ4v) is 2.02. The van der Waals surface area contributed by atoms with Gasteiger partial charge in [0.05, 0.1) is 11.6 Å². The quantitative estimate of drug-likeness (QED) is 0.670. The summed E-state index contributed by atoms with van der Waals surface area (Å²) in [4.78, 5) is 22.8. The largest absolute Gasteiger partial charge is 0.348 e. The average Bonchev–Trinajstić information content (AvgIpc) is 2.95. The van der Waals surface area contributed by atoms with Crippen LogP contribution >= 0.6 is 11.3 Å². The van der Waals surface area contributed by atoms with Gasteiger partial charge in [-0.25, -0.2) is 9.79 Å². The highest BCUT2D eigenvalue weighted by Crippen LogP contribution is 2.18. The fraction of sp³-hybridized carbons (Fsp3) is 0. The molecule has 0 spiro atoms. The molecule has 3 heterocycles. The zero-order valence-corrected chi connectivity index (χ0v) is 9.36. The number of aliphatic imine (C=N–C) groups is 1. The van der Waals surface area contributed by atoms with Crippen molar-refractivity contribution in [3.05, 3.63) is 39.1 Å². The molecule has 0 aliphatic heterocycles. The standard InChI is InChI=1S/C10H7N5OS/c16-10-13-8(7-5-12-15-9(7)14-10)11-4-6-2-1-3-17-6/h1-5H,(H2,12,13,14,15,16). The lowest BCUT2D eigenvalue weighted by Crippen LogP contribution is -2.09. The lowest BCUT2D eigenvalue weighted by atomic mass is 10.4. The predicted octanol–water partition coefficient (Wildman–Crippen LogP) is 1.46. The highest BCUT2D eigenvalue weighted by molar-refractivity contribution is 7.11. The summed E-state index contributed by atoms with van der Waals surface area (Å²) < 4.78 is 0. The van der Waals surface area contributed by atoms with Gasteiger partial charge in [-0.3, -0.25) is 10.1 Å². The maximum atomic E-state index is 11.3. The minimum atomic E-state index is -0.444. The second-order valence-electron chi connectivity index (χ2n) is 3.30. The van der Waals surface area contributed by atoms with E-state index in [2.05, 4.69) is 25.2 Å². The fourth-order valence-electron chi connectivity index (χ4n) is 1.43. The molecule has 84 valence electrons. The van der Waals surface area contributed by atoms with Gasteiger partial charge in [-0.2, -0.15) is 10.1 Å². The van der Waals surface area contributed by atoms with Crippen LogP contribution in [0.3, 0.4) is 0 Å². The van der Waals surface area contributed by atoms with Crippen LogP contribution in [-0.4, -0.2) is 26.4 Å². The van der Waals surface area contributed by atoms with Crippen LogP contribution < -0.4 is 5.69 Å². The van der Waals surface area contributed by atoms with Crippen molar-refractivity contribution in [3.63, 3.8) is 0 Å². The van der Waals surface area contributed by atoms with Crippen LogP contribution in [0.15, 0.2) is 33.5 Å². The van der Waals surface area contributed by atoms with Crippen molar-refractivity contribution in [3.8, 4) is 0 Å². The van der Waals surface area contributed by atoms with Crippen LogP contribution in [0.4, 0.5) is 5.82 Å². The Labute approximate surface area is 99.1 Å². The molecule has 3 rings (SSSR count). The third-order valence-electron chi connectivity index (χ3n) is 2.18. The van der Waals surface area contributed by atoms with E-state index in [0.29, 0.717) is 16.9 Å². The van der Waals surface area contributed by atoms with Crippen LogP contribution in [-0.2, 0) is 0 Å². The molecule has 17 heavy (non-hydrogen) atoms. The Kier molecular flexibility index (Phi) is 2.30. The first-order chi connectivity index (χ1) is 8.33. The normalized spacial score (nSPS) is 11.5. The molecule has 2 N–H and O–H groups in total. The third-order valence-corrected chi connectivity index (χ3v) is 2.98. The van der Waals surface area contributed by atoms with Gasteiger partial charge in [0, 0.05) is 11.1 Å². The van der Waals surface area contributed by atoms with Gasteiger partial charge >= 0.3 is 5.69 Å². The van der Waals surface area contributed by atoms with Crippen LogP contribution in [0.25, 0.3) is 11.0 Å². The number of hydrogen-bond donors (Lipinski definition) is 2. The minimum Gasteiger partial charge on any atom is -0.290 e. The number of aromatic nitrogens is 4. The molecule has 0 aliphatic carbocycles. The minimum absolute atomic E-state index is 0.367. The van der Waals surface area contributed by atoms with Gasteiger partial charge in [0.1, 0.15) is 5.65 Å². The maximum absolute atomic E-state index is 11.3. The number of fused-ring (bicyclic) bond motifs is 1. The summed E-state index contributed by atoms with van der Waals surface area (Å²) in [5.74, 6) is 0.367. The monoisotopic (exact) mass is 245 g/mol. The molecule has 0 bridgehead atoms. The van der Waals surface area contributed by atoms with Crippen molar-refractivity contribution in [2.24, 2.45) is 4.99 Å². The first-order valence-corrected chi connectivity index (χ1v) is 5.72. The molecule has 0 aromatic carbocycles. The molecule has 0 fully saturated rings. The van der Waals surface area contributed by atoms with E-state index < -0.39 is 5.69 Å². The van der Waals surface area contributed by atoms with Gasteiger partial charge in [-0.1, -0.05) is 6.07 Å². The first kappa shape index (κ1) is 9.91. The van der Waals surface area contributed by atoms with E-state index in [9.17, 15) is 4.79 Å². The number of thiophene rings is 1. The van der Waals surface area contributed by atoms with Crippen LogP contribution in [0.1, 0.15) is 4.88 Å². The molecule has 0 atom stereocenters. The summed E-state index contributed by atoms with van der Waals surface area (Å²) in [6, 6.07) is 3.87. The number of aromatic amines is 2. The van der Waals surface area contributed by atoms with Gasteiger partial charge in [0.2, 0.25) is 0 Å². The molecule has 0 radical (unpaired) electrons. The second-order valence-corrected chi connectivity index (χ2v) is 4.28. The molecule has 0 unspecified atom stereocenters. The number of hydrogen-bond acceptors (Lipinski definition) is 5. The second kappa shape index (κ2) is 3.95. The zero-order valence-electron chi connectivity index (χ0n) is 8.54. The number of rotatable bonds is 2. The molecule has 0 aliphatic rings. The number of nitrogens with zero attached hydrogens (tertiary/aromatic N) is 3. The van der Waals surface area contributed by atoms with Crippen LogP contribution in [0, 0.1) is 0 Å². The summed E-state index contributed by atoms with van der Waals surface area (Å²) >= 11 is 1.57. The molecule has 3 aromatic rings. The highest BCUT2D eigenvalue weighted by atomic mass is 32.1. The zero-order chi connectivity index (χ0) is 11.7. The van der Waals surface area contributed by atoms with Crippen LogP contribution in [0.2, 0.25) is 0 Å². The average molecular weight is 245 g/mol. The van der Waals surface area contributed by atoms with E-state index in [1.165, 1.54) is 0 Å². The van der Waals surface area contributed by atoms with E-state index in [1.54, 1.807) is 23.7 Å². The summed E-state index contributed by atoms with van der Waals surface area (Å²) in [6.45, 7) is 0. The Morgan fingerprint density at radius 2 is 2.41 bits per heavy atom. The molecular formula is C10H7N5OS. The van der Waals surface area contributed by atoms with Crippen molar-refractivity contribution >= 4 is 34.4 Å². The highest BCUT2D eigenvalue weighted by Gasteiger charge is 2.04. The van der Waals surface area contributed by atoms with Gasteiger partial charge in [0.25, 0.3) is 0 Å². The van der Waals surface area contributed by atoms with E-state index in [0.717, 1.165) is 4.88 Å². The smallest absolute Gasteiger partial charge is 0.290 e. The van der Waals surface area contributed by atoms with Gasteiger partial charge in [0.15, 0.2) is 5.82 Å². The van der Waals surface area contributed by atoms with E-state index in [1.807, 2.05) is 17.5 Å². The summed E-state index contributed by atoms with van der Waals surface area (Å²) in [5.41, 5.74) is 0.0865. The Morgan fingerprint density at radius 3 is 3.24 bits per heavy atom. The molecule has 3 aromatic heterocycles. The Hall–Kier alpha value is -2.28. The van der Waals surface area contributed by atoms with Crippen molar-refractivity contribution in [1.29, 1.82) is 0 Å². The Balaban J connectivity index is 2.11. The predicted molar refractivity (Wildman–Crippen MR) is 66.1 cm³/mol. The Bertz CT molecular complexity index is 725. The lowest BCUT2D eigenvalue weighted by molar-refractivity contribution is 1.06. The van der Waals surface area contributed by atoms with E-state index in [4.69, 9.17) is 0 Å². The van der Waals surface area contributed by atoms with Crippen molar-refractivity contribution in [2.45, 2.75) is 0 Å². The first-order valence-electron chi connectivity index (χ1n) is 4.84. The molecule has 6 nitrogen and oxygen atoms in total. The molecule has 0 amide bonds. The van der Waals surface area contributed by atoms with Gasteiger partial charge < -0.3 is 0 Å². The molecule has 7 heteroatoms. The molecule has 0 saturated heterocycles. The van der Waals surface area contributed by atoms with Crippen molar-refractivity contribution in [1.82, 2.24) is 20.2 Å². The topological polar surface area (TPSA) is 86.8 Å². The van der Waals surface area contributed by atoms with Crippen molar-refractivity contribution in [2.75, 3.05) is 0 Å². The summed E-state index contributed by atoms with van der Waals surface area (Å²) in [5, 5.41) is 9.17. The maximum Gasteiger partial charge on any atom is 0.348 e. The SMILES string of the molecule is O=c1nc(N=Cc2cccs2)c2cn[nH]c2[nH]1. The summed E-state index contributed by atoms with van der Waals surface area (Å²) in [7, 11) is 0. The number of nitrogens with one attached hydrogen (secondary N) is 2. The molecule has 0 saturated carbocycles. The van der Waals surface area contributed by atoms with Crippen LogP contribution in [0.5, 0.6) is 0 Å². The third kappa shape index (κ3) is 1.87. The van der Waals surface area contributed by atoms with E-state index >= 15 is 0 Å². The van der Waals surface area contributed by atoms with Crippen molar-refractivity contribution < 1.29 is 0 Å². The van der Waals surface area contributed by atoms with E-state index in [-0.39, 0.29) is 0 Å².